The van der Waals surface area contributed by atoms with E-state index in [0.717, 1.165) is 30.0 Å². The highest BCUT2D eigenvalue weighted by Crippen LogP contribution is 2.25. The van der Waals surface area contributed by atoms with Crippen molar-refractivity contribution >= 4 is 17.2 Å². The fourth-order valence-corrected chi connectivity index (χ4v) is 3.24. The predicted octanol–water partition coefficient (Wildman–Crippen LogP) is 0.426. The Labute approximate surface area is 168 Å². The summed E-state index contributed by atoms with van der Waals surface area (Å²) in [6.07, 6.45) is 3.12. The number of benzene rings is 1. The Morgan fingerprint density at radius 3 is 2.66 bits per heavy atom. The zero-order valence-electron chi connectivity index (χ0n) is 15.7. The van der Waals surface area contributed by atoms with Crippen molar-refractivity contribution in [3.63, 3.8) is 0 Å². The number of aromatic nitrogens is 3. The quantitative estimate of drug-likeness (QED) is 0.492. The standard InChI is InChI=1S/C21H19N7O/c22-12-16-9-15(3-4-25-16)14-1-2-18(23)17(10-14)21(24)19-11-20(27-13-26-19)28-5-7-29-8-6-28/h1-4,9-11,13,24H,5-8,23H2/p+1. The summed E-state index contributed by atoms with van der Waals surface area (Å²) in [5.41, 5.74) is 10.6. The second-order valence-corrected chi connectivity index (χ2v) is 6.62. The molecule has 1 aliphatic heterocycles. The predicted molar refractivity (Wildman–Crippen MR) is 109 cm³/mol. The Balaban J connectivity index is 1.67. The van der Waals surface area contributed by atoms with Crippen LogP contribution in [0.15, 0.2) is 48.9 Å². The van der Waals surface area contributed by atoms with Gasteiger partial charge in [-0.15, -0.1) is 0 Å². The Kier molecular flexibility index (Phi) is 5.14. The monoisotopic (exact) mass is 386 g/mol. The molecule has 2 aromatic heterocycles. The number of ether oxygens (including phenoxy) is 1. The fraction of sp³-hybridized carbons (Fsp3) is 0.190. The molecule has 3 aromatic rings. The van der Waals surface area contributed by atoms with Gasteiger partial charge in [0.2, 0.25) is 5.71 Å². The zero-order valence-corrected chi connectivity index (χ0v) is 15.7. The van der Waals surface area contributed by atoms with Gasteiger partial charge in [-0.25, -0.2) is 15.0 Å². The zero-order chi connectivity index (χ0) is 20.2. The molecule has 0 amide bonds. The van der Waals surface area contributed by atoms with Gasteiger partial charge in [-0.1, -0.05) is 6.07 Å². The highest BCUT2D eigenvalue weighted by Gasteiger charge is 2.20. The number of hydrogen-bond acceptors (Lipinski definition) is 7. The van der Waals surface area contributed by atoms with Crippen molar-refractivity contribution in [1.82, 2.24) is 15.0 Å². The molecule has 0 bridgehead atoms. The smallest absolute Gasteiger partial charge is 0.232 e. The molecule has 0 aliphatic carbocycles. The van der Waals surface area contributed by atoms with Gasteiger partial charge in [0.25, 0.3) is 0 Å². The van der Waals surface area contributed by atoms with Crippen molar-refractivity contribution in [3.05, 3.63) is 65.9 Å². The lowest BCUT2D eigenvalue weighted by molar-refractivity contribution is -0.111. The van der Waals surface area contributed by atoms with E-state index in [2.05, 4.69) is 25.9 Å². The number of nitriles is 1. The lowest BCUT2D eigenvalue weighted by atomic mass is 9.98. The van der Waals surface area contributed by atoms with Crippen LogP contribution in [0.25, 0.3) is 11.1 Å². The molecule has 8 nitrogen and oxygen atoms in total. The van der Waals surface area contributed by atoms with Crippen molar-refractivity contribution in [3.8, 4) is 17.2 Å². The van der Waals surface area contributed by atoms with Crippen LogP contribution in [0, 0.1) is 11.3 Å². The van der Waals surface area contributed by atoms with E-state index in [0.29, 0.717) is 41.6 Å². The molecule has 1 fully saturated rings. The molecule has 29 heavy (non-hydrogen) atoms. The van der Waals surface area contributed by atoms with Crippen molar-refractivity contribution < 1.29 is 10.1 Å². The highest BCUT2D eigenvalue weighted by atomic mass is 16.5. The maximum atomic E-state index is 9.10. The van der Waals surface area contributed by atoms with Gasteiger partial charge in [-0.05, 0) is 35.4 Å². The average Bonchev–Trinajstić information content (AvgIpc) is 2.79. The first-order valence-corrected chi connectivity index (χ1v) is 9.19. The Hall–Kier alpha value is -3.83. The maximum Gasteiger partial charge on any atom is 0.232 e. The summed E-state index contributed by atoms with van der Waals surface area (Å²) in [7, 11) is 0. The highest BCUT2D eigenvalue weighted by molar-refractivity contribution is 6.11. The first-order valence-electron chi connectivity index (χ1n) is 9.19. The topological polar surface area (TPSA) is 127 Å². The Morgan fingerprint density at radius 2 is 1.86 bits per heavy atom. The van der Waals surface area contributed by atoms with Crippen LogP contribution in [0.3, 0.4) is 0 Å². The van der Waals surface area contributed by atoms with E-state index in [-0.39, 0.29) is 0 Å². The molecule has 4 rings (SSSR count). The Morgan fingerprint density at radius 1 is 1.07 bits per heavy atom. The van der Waals surface area contributed by atoms with Crippen LogP contribution in [0.2, 0.25) is 0 Å². The van der Waals surface area contributed by atoms with E-state index in [1.807, 2.05) is 24.3 Å². The summed E-state index contributed by atoms with van der Waals surface area (Å²) in [5, 5.41) is 15.6. The molecule has 3 heterocycles. The van der Waals surface area contributed by atoms with Crippen LogP contribution >= 0.6 is 0 Å². The Bertz CT molecular complexity index is 1100. The molecule has 8 heteroatoms. The largest absolute Gasteiger partial charge is 0.398 e. The van der Waals surface area contributed by atoms with Crippen molar-refractivity contribution in [2.75, 3.05) is 36.9 Å². The lowest BCUT2D eigenvalue weighted by Gasteiger charge is -2.27. The van der Waals surface area contributed by atoms with Crippen LogP contribution in [0.5, 0.6) is 0 Å². The molecule has 1 aromatic carbocycles. The summed E-state index contributed by atoms with van der Waals surface area (Å²) in [4.78, 5) is 14.9. The van der Waals surface area contributed by atoms with E-state index in [9.17, 15) is 0 Å². The van der Waals surface area contributed by atoms with Crippen LogP contribution in [0.1, 0.15) is 17.0 Å². The lowest BCUT2D eigenvalue weighted by Crippen LogP contribution is -2.42. The molecule has 0 saturated carbocycles. The fourth-order valence-electron chi connectivity index (χ4n) is 3.24. The average molecular weight is 386 g/mol. The number of nitrogens with zero attached hydrogens (tertiary/aromatic N) is 5. The van der Waals surface area contributed by atoms with E-state index < -0.39 is 0 Å². The van der Waals surface area contributed by atoms with E-state index >= 15 is 0 Å². The van der Waals surface area contributed by atoms with E-state index in [1.54, 1.807) is 18.3 Å². The summed E-state index contributed by atoms with van der Waals surface area (Å²) < 4.78 is 5.40. The molecule has 0 radical (unpaired) electrons. The third-order valence-electron chi connectivity index (χ3n) is 4.81. The number of pyridine rings is 1. The number of anilines is 2. The molecule has 1 saturated heterocycles. The van der Waals surface area contributed by atoms with Gasteiger partial charge in [-0.3, -0.25) is 5.41 Å². The van der Waals surface area contributed by atoms with Crippen molar-refractivity contribution in [2.24, 2.45) is 0 Å². The third kappa shape index (κ3) is 3.90. The number of nitrogens with two attached hydrogens (primary N) is 2. The normalized spacial score (nSPS) is 13.7. The van der Waals surface area contributed by atoms with Gasteiger partial charge >= 0.3 is 0 Å². The minimum Gasteiger partial charge on any atom is -0.398 e. The minimum absolute atomic E-state index is 0.351. The third-order valence-corrected chi connectivity index (χ3v) is 4.81. The number of nitrogen functional groups attached to an aromatic ring is 1. The summed E-state index contributed by atoms with van der Waals surface area (Å²) in [6, 6.07) is 13.1. The summed E-state index contributed by atoms with van der Waals surface area (Å²) in [6.45, 7) is 2.89. The molecule has 0 spiro atoms. The van der Waals surface area contributed by atoms with Gasteiger partial charge in [-0.2, -0.15) is 5.26 Å². The van der Waals surface area contributed by atoms with Gasteiger partial charge < -0.3 is 15.4 Å². The molecule has 1 aliphatic rings. The first kappa shape index (κ1) is 18.5. The molecule has 144 valence electrons. The van der Waals surface area contributed by atoms with Crippen molar-refractivity contribution in [1.29, 1.82) is 5.26 Å². The molecule has 0 atom stereocenters. The number of rotatable bonds is 4. The van der Waals surface area contributed by atoms with E-state index in [4.69, 9.17) is 21.1 Å². The van der Waals surface area contributed by atoms with Crippen LogP contribution in [0.4, 0.5) is 11.5 Å². The van der Waals surface area contributed by atoms with Crippen molar-refractivity contribution in [2.45, 2.75) is 0 Å². The van der Waals surface area contributed by atoms with E-state index in [1.165, 1.54) is 6.33 Å². The number of morpholine rings is 1. The molecule has 0 unspecified atom stereocenters. The molecule has 4 N–H and O–H groups in total. The van der Waals surface area contributed by atoms with Gasteiger partial charge in [0.15, 0.2) is 0 Å². The number of hydrogen-bond donors (Lipinski definition) is 2. The summed E-state index contributed by atoms with van der Waals surface area (Å²) in [5.74, 6) is 0.809. The van der Waals surface area contributed by atoms with Gasteiger partial charge in [0, 0.05) is 31.0 Å². The second-order valence-electron chi connectivity index (χ2n) is 6.62. The molecular weight excluding hydrogens is 366 g/mol. The molecular formula is C21H20N7O+. The van der Waals surface area contributed by atoms with Crippen LogP contribution < -0.4 is 16.0 Å². The second kappa shape index (κ2) is 8.04. The van der Waals surface area contributed by atoms with Crippen LogP contribution in [-0.2, 0) is 4.74 Å². The SMILES string of the molecule is N#Cc1cc(-c2ccc(N)c(C(=[NH2+])c3cc(N4CCOCC4)ncn3)c2)ccn1. The van der Waals surface area contributed by atoms with Gasteiger partial charge in [0.1, 0.15) is 29.6 Å². The minimum atomic E-state index is 0.351. The summed E-state index contributed by atoms with van der Waals surface area (Å²) >= 11 is 0. The maximum absolute atomic E-state index is 9.10. The van der Waals surface area contributed by atoms with Gasteiger partial charge in [0.05, 0.1) is 18.8 Å². The first-order chi connectivity index (χ1) is 14.2. The van der Waals surface area contributed by atoms with Crippen LogP contribution in [-0.4, -0.2) is 47.0 Å².